The summed E-state index contributed by atoms with van der Waals surface area (Å²) in [6, 6.07) is 6.69. The van der Waals surface area contributed by atoms with Gasteiger partial charge in [-0.05, 0) is 37.8 Å². The first-order chi connectivity index (χ1) is 13.2. The van der Waals surface area contributed by atoms with Crippen LogP contribution in [0.5, 0.6) is 5.75 Å². The van der Waals surface area contributed by atoms with E-state index in [9.17, 15) is 5.11 Å². The summed E-state index contributed by atoms with van der Waals surface area (Å²) in [4.78, 5) is 8.45. The second-order valence-electron chi connectivity index (χ2n) is 7.14. The molecule has 138 valence electrons. The van der Waals surface area contributed by atoms with E-state index < -0.39 is 0 Å². The normalized spacial score (nSPS) is 24.2. The van der Waals surface area contributed by atoms with Crippen LogP contribution in [0.1, 0.15) is 25.7 Å². The number of hydrogen-bond acceptors (Lipinski definition) is 7. The summed E-state index contributed by atoms with van der Waals surface area (Å²) >= 11 is 1.77. The Kier molecular flexibility index (Phi) is 4.29. The van der Waals surface area contributed by atoms with Crippen molar-refractivity contribution < 1.29 is 5.11 Å². The fraction of sp³-hybridized carbons (Fsp3) is 0.368. The van der Waals surface area contributed by atoms with Crippen LogP contribution in [0.25, 0.3) is 17.1 Å². The van der Waals surface area contributed by atoms with E-state index in [2.05, 4.69) is 25.5 Å². The van der Waals surface area contributed by atoms with Gasteiger partial charge in [0, 0.05) is 35.8 Å². The molecule has 3 atom stereocenters. The predicted octanol–water partition coefficient (Wildman–Crippen LogP) is 2.81. The molecule has 3 aromatic rings. The molecule has 2 aliphatic rings. The molecule has 2 bridgehead atoms. The molecule has 0 radical (unpaired) electrons. The molecule has 5 rings (SSSR count). The van der Waals surface area contributed by atoms with E-state index >= 15 is 0 Å². The van der Waals surface area contributed by atoms with Crippen LogP contribution in [0.15, 0.2) is 48.1 Å². The molecule has 0 spiro atoms. The molecule has 8 heteroatoms. The topological polar surface area (TPSA) is 88.8 Å². The van der Waals surface area contributed by atoms with E-state index in [4.69, 9.17) is 0 Å². The standard InChI is InChI=1S/C19H20N6OS/c26-17-9-14(25-6-5-20-11-25)3-4-16(17)19-21-10-18(23-24-19)27-15-7-12-1-2-13(8-15)22-12/h3-6,9-13,15,22,26H,1-2,7-8H2/t12-,13+,15?. The summed E-state index contributed by atoms with van der Waals surface area (Å²) in [6.07, 6.45) is 11.9. The fourth-order valence-electron chi connectivity index (χ4n) is 4.00. The Morgan fingerprint density at radius 1 is 1.15 bits per heavy atom. The molecular weight excluding hydrogens is 360 g/mol. The van der Waals surface area contributed by atoms with Crippen LogP contribution in [0.3, 0.4) is 0 Å². The van der Waals surface area contributed by atoms with E-state index in [1.165, 1.54) is 25.7 Å². The third-order valence-electron chi connectivity index (χ3n) is 5.28. The van der Waals surface area contributed by atoms with Crippen molar-refractivity contribution in [3.63, 3.8) is 0 Å². The Bertz CT molecular complexity index is 918. The van der Waals surface area contributed by atoms with Gasteiger partial charge in [-0.15, -0.1) is 10.2 Å². The van der Waals surface area contributed by atoms with Gasteiger partial charge in [-0.2, -0.15) is 0 Å². The highest BCUT2D eigenvalue weighted by Gasteiger charge is 2.34. The van der Waals surface area contributed by atoms with Crippen LogP contribution in [0, 0.1) is 0 Å². The first-order valence-corrected chi connectivity index (χ1v) is 10.1. The van der Waals surface area contributed by atoms with Crippen LogP contribution < -0.4 is 5.32 Å². The zero-order valence-corrected chi connectivity index (χ0v) is 15.5. The maximum atomic E-state index is 10.4. The number of benzene rings is 1. The number of hydrogen-bond donors (Lipinski definition) is 2. The summed E-state index contributed by atoms with van der Waals surface area (Å²) in [5.41, 5.74) is 1.40. The summed E-state index contributed by atoms with van der Waals surface area (Å²) in [6.45, 7) is 0. The van der Waals surface area contributed by atoms with Gasteiger partial charge in [0.2, 0.25) is 0 Å². The lowest BCUT2D eigenvalue weighted by Crippen LogP contribution is -2.39. The Balaban J connectivity index is 1.31. The predicted molar refractivity (Wildman–Crippen MR) is 103 cm³/mol. The van der Waals surface area contributed by atoms with E-state index in [1.807, 2.05) is 16.8 Å². The summed E-state index contributed by atoms with van der Waals surface area (Å²) in [5.74, 6) is 0.553. The van der Waals surface area contributed by atoms with Gasteiger partial charge in [-0.3, -0.25) is 0 Å². The summed E-state index contributed by atoms with van der Waals surface area (Å²) < 4.78 is 1.83. The number of imidazole rings is 1. The second kappa shape index (κ2) is 6.94. The maximum absolute atomic E-state index is 10.4. The Morgan fingerprint density at radius 2 is 2.00 bits per heavy atom. The van der Waals surface area contributed by atoms with E-state index in [0.717, 1.165) is 10.7 Å². The van der Waals surface area contributed by atoms with Crippen molar-refractivity contribution >= 4 is 11.8 Å². The lowest BCUT2D eigenvalue weighted by Gasteiger charge is -2.28. The Morgan fingerprint density at radius 3 is 2.67 bits per heavy atom. The van der Waals surface area contributed by atoms with Crippen molar-refractivity contribution in [1.82, 2.24) is 30.0 Å². The third-order valence-corrected chi connectivity index (χ3v) is 6.43. The number of phenolic OH excluding ortho intramolecular Hbond substituents is 1. The van der Waals surface area contributed by atoms with Crippen molar-refractivity contribution in [2.24, 2.45) is 0 Å². The highest BCUT2D eigenvalue weighted by molar-refractivity contribution is 7.99. The molecule has 1 aromatic carbocycles. The number of aromatic hydroxyl groups is 1. The highest BCUT2D eigenvalue weighted by Crippen LogP contribution is 2.36. The second-order valence-corrected chi connectivity index (χ2v) is 8.46. The van der Waals surface area contributed by atoms with Gasteiger partial charge in [-0.25, -0.2) is 9.97 Å². The molecule has 2 aliphatic heterocycles. The highest BCUT2D eigenvalue weighted by atomic mass is 32.2. The fourth-order valence-corrected chi connectivity index (χ4v) is 5.20. The van der Waals surface area contributed by atoms with Crippen LogP contribution in [0.2, 0.25) is 0 Å². The van der Waals surface area contributed by atoms with Gasteiger partial charge < -0.3 is 15.0 Å². The van der Waals surface area contributed by atoms with E-state index in [0.29, 0.717) is 28.7 Å². The van der Waals surface area contributed by atoms with Crippen LogP contribution >= 0.6 is 11.8 Å². The Hall–Kier alpha value is -2.45. The minimum absolute atomic E-state index is 0.123. The molecule has 27 heavy (non-hydrogen) atoms. The first kappa shape index (κ1) is 16.7. The van der Waals surface area contributed by atoms with Gasteiger partial charge >= 0.3 is 0 Å². The van der Waals surface area contributed by atoms with Gasteiger partial charge in [0.15, 0.2) is 5.82 Å². The number of fused-ring (bicyclic) bond motifs is 2. The maximum Gasteiger partial charge on any atom is 0.185 e. The van der Waals surface area contributed by atoms with E-state index in [1.54, 1.807) is 42.6 Å². The summed E-state index contributed by atoms with van der Waals surface area (Å²) in [5, 5.41) is 24.1. The number of aromatic nitrogens is 5. The SMILES string of the molecule is Oc1cc(-n2ccnc2)ccc1-c1ncc(SC2C[C@H]3CC[C@@H](C2)N3)nn1. The molecular formula is C19H20N6OS. The number of nitrogens with one attached hydrogen (secondary N) is 1. The molecule has 2 fully saturated rings. The van der Waals surface area contributed by atoms with Crippen LogP contribution in [0.4, 0.5) is 0 Å². The third kappa shape index (κ3) is 3.42. The number of nitrogens with zero attached hydrogens (tertiary/aromatic N) is 5. The van der Waals surface area contributed by atoms with Crippen molar-refractivity contribution in [3.8, 4) is 22.8 Å². The van der Waals surface area contributed by atoms with E-state index in [-0.39, 0.29) is 5.75 Å². The number of piperidine rings is 1. The van der Waals surface area contributed by atoms with Crippen LogP contribution in [-0.4, -0.2) is 47.2 Å². The largest absolute Gasteiger partial charge is 0.507 e. The molecule has 0 saturated carbocycles. The minimum Gasteiger partial charge on any atom is -0.507 e. The lowest BCUT2D eigenvalue weighted by molar-refractivity contribution is 0.414. The smallest absolute Gasteiger partial charge is 0.185 e. The molecule has 1 unspecified atom stereocenters. The average Bonchev–Trinajstić information content (AvgIpc) is 3.32. The zero-order chi connectivity index (χ0) is 18.2. The summed E-state index contributed by atoms with van der Waals surface area (Å²) in [7, 11) is 0. The van der Waals surface area contributed by atoms with Gasteiger partial charge in [-0.1, -0.05) is 11.8 Å². The van der Waals surface area contributed by atoms with Crippen molar-refractivity contribution in [2.75, 3.05) is 0 Å². The van der Waals surface area contributed by atoms with Crippen molar-refractivity contribution in [3.05, 3.63) is 43.1 Å². The lowest BCUT2D eigenvalue weighted by atomic mass is 10.1. The molecule has 4 heterocycles. The van der Waals surface area contributed by atoms with Gasteiger partial charge in [0.1, 0.15) is 10.8 Å². The minimum atomic E-state index is 0.123. The first-order valence-electron chi connectivity index (χ1n) is 9.19. The monoisotopic (exact) mass is 380 g/mol. The molecule has 2 aromatic heterocycles. The quantitative estimate of drug-likeness (QED) is 0.719. The molecule has 0 aliphatic carbocycles. The molecule has 7 nitrogen and oxygen atoms in total. The average molecular weight is 380 g/mol. The zero-order valence-electron chi connectivity index (χ0n) is 14.7. The van der Waals surface area contributed by atoms with Crippen molar-refractivity contribution in [2.45, 2.75) is 48.0 Å². The van der Waals surface area contributed by atoms with Gasteiger partial charge in [0.25, 0.3) is 0 Å². The number of rotatable bonds is 4. The van der Waals surface area contributed by atoms with Crippen LogP contribution in [-0.2, 0) is 0 Å². The number of phenols is 1. The van der Waals surface area contributed by atoms with Gasteiger partial charge in [0.05, 0.1) is 23.8 Å². The van der Waals surface area contributed by atoms with Crippen molar-refractivity contribution in [1.29, 1.82) is 0 Å². The molecule has 2 saturated heterocycles. The molecule has 0 amide bonds. The molecule has 2 N–H and O–H groups in total. The number of thioether (sulfide) groups is 1. The Labute approximate surface area is 161 Å².